The normalized spacial score (nSPS) is 17.0. The third kappa shape index (κ3) is 6.11. The first-order valence-corrected chi connectivity index (χ1v) is 12.7. The summed E-state index contributed by atoms with van der Waals surface area (Å²) in [6.45, 7) is 7.40. The molecule has 0 saturated heterocycles. The minimum Gasteiger partial charge on any atom is -0.481 e. The van der Waals surface area contributed by atoms with Crippen LogP contribution in [0.15, 0.2) is 34.7 Å². The Kier molecular flexibility index (Phi) is 7.75. The molecule has 4 heterocycles. The molecule has 0 aromatic carbocycles. The maximum atomic E-state index is 11.9. The number of nitrogens with one attached hydrogen (secondary N) is 4. The van der Waals surface area contributed by atoms with Crippen LogP contribution in [-0.4, -0.2) is 43.9 Å². The Bertz CT molecular complexity index is 1510. The molecule has 0 aliphatic carbocycles. The van der Waals surface area contributed by atoms with Crippen molar-refractivity contribution in [2.45, 2.75) is 59.8 Å². The number of allylic oxidation sites excluding steroid dienone is 2. The zero-order valence-electron chi connectivity index (χ0n) is 22.4. The number of rotatable bonds is 10. The molecule has 0 fully saturated rings. The number of hydrogen-bond acceptors (Lipinski definition) is 4. The first kappa shape index (κ1) is 27.4. The van der Waals surface area contributed by atoms with Crippen LogP contribution in [0.5, 0.6) is 0 Å². The van der Waals surface area contributed by atoms with Crippen LogP contribution in [0.4, 0.5) is 0 Å². The number of carbonyl (C=O) groups excluding carboxylic acids is 2. The van der Waals surface area contributed by atoms with Gasteiger partial charge in [0.25, 0.3) is 5.91 Å². The maximum absolute atomic E-state index is 11.9. The van der Waals surface area contributed by atoms with Crippen molar-refractivity contribution in [3.8, 4) is 0 Å². The quantitative estimate of drug-likeness (QED) is 0.274. The van der Waals surface area contributed by atoms with Gasteiger partial charge in [0.05, 0.1) is 0 Å². The van der Waals surface area contributed by atoms with Crippen LogP contribution < -0.4 is 10.6 Å². The summed E-state index contributed by atoms with van der Waals surface area (Å²) in [6, 6.07) is 0. The van der Waals surface area contributed by atoms with Crippen molar-refractivity contribution in [3.63, 3.8) is 0 Å². The lowest BCUT2D eigenvalue weighted by atomic mass is 9.98. The molecule has 0 unspecified atom stereocenters. The number of carbonyl (C=O) groups is 4. The second-order valence-electron chi connectivity index (χ2n) is 9.96. The second-order valence-corrected chi connectivity index (χ2v) is 9.96. The first-order chi connectivity index (χ1) is 18.4. The summed E-state index contributed by atoms with van der Waals surface area (Å²) in [5.41, 5.74) is 9.40. The van der Waals surface area contributed by atoms with Gasteiger partial charge in [-0.25, -0.2) is 0 Å². The van der Waals surface area contributed by atoms with Crippen molar-refractivity contribution in [3.05, 3.63) is 79.7 Å². The summed E-state index contributed by atoms with van der Waals surface area (Å²) >= 11 is 0. The number of hydrogen-bond donors (Lipinski definition) is 6. The van der Waals surface area contributed by atoms with E-state index >= 15 is 0 Å². The van der Waals surface area contributed by atoms with Gasteiger partial charge in [-0.1, -0.05) is 0 Å². The number of aromatic amines is 2. The van der Waals surface area contributed by atoms with Crippen LogP contribution in [0.2, 0.25) is 0 Å². The molecule has 2 aromatic heterocycles. The molecular formula is C29H32N4O6. The van der Waals surface area contributed by atoms with Crippen molar-refractivity contribution < 1.29 is 29.4 Å². The molecule has 2 aliphatic heterocycles. The van der Waals surface area contributed by atoms with Crippen LogP contribution in [0, 0.1) is 13.8 Å². The van der Waals surface area contributed by atoms with E-state index in [1.807, 2.05) is 32.9 Å². The van der Waals surface area contributed by atoms with E-state index in [4.69, 9.17) is 0 Å². The predicted molar refractivity (Wildman–Crippen MR) is 146 cm³/mol. The monoisotopic (exact) mass is 532 g/mol. The van der Waals surface area contributed by atoms with Crippen LogP contribution in [-0.2, 0) is 38.4 Å². The summed E-state index contributed by atoms with van der Waals surface area (Å²) in [5, 5.41) is 24.3. The Hall–Kier alpha value is -4.60. The molecule has 204 valence electrons. The predicted octanol–water partition coefficient (Wildman–Crippen LogP) is 3.42. The SMILES string of the molecule is CC1=CC(=Cc2[nH]c(Cc3[nH]c(C=C4NC(=O)C=C4C)c(C)c3CCC(=O)O)c(CCC(=O)O)c2C)NC1=O. The highest BCUT2D eigenvalue weighted by molar-refractivity contribution is 5.99. The highest BCUT2D eigenvalue weighted by Gasteiger charge is 2.22. The van der Waals surface area contributed by atoms with Gasteiger partial charge in [-0.2, -0.15) is 0 Å². The van der Waals surface area contributed by atoms with Gasteiger partial charge in [-0.05, 0) is 86.6 Å². The van der Waals surface area contributed by atoms with Crippen LogP contribution in [0.1, 0.15) is 71.7 Å². The fourth-order valence-electron chi connectivity index (χ4n) is 4.98. The number of aromatic nitrogens is 2. The lowest BCUT2D eigenvalue weighted by Crippen LogP contribution is -2.15. The minimum atomic E-state index is -0.906. The van der Waals surface area contributed by atoms with E-state index < -0.39 is 11.9 Å². The molecule has 10 nitrogen and oxygen atoms in total. The van der Waals surface area contributed by atoms with Gasteiger partial charge in [-0.15, -0.1) is 0 Å². The molecule has 6 N–H and O–H groups in total. The van der Waals surface area contributed by atoms with Gasteiger partial charge in [0.15, 0.2) is 0 Å². The second kappa shape index (κ2) is 11.0. The molecule has 39 heavy (non-hydrogen) atoms. The van der Waals surface area contributed by atoms with Gasteiger partial charge in [0.2, 0.25) is 5.91 Å². The topological polar surface area (TPSA) is 164 Å². The van der Waals surface area contributed by atoms with Crippen molar-refractivity contribution in [2.24, 2.45) is 0 Å². The van der Waals surface area contributed by atoms with E-state index in [2.05, 4.69) is 20.6 Å². The van der Waals surface area contributed by atoms with E-state index in [9.17, 15) is 29.4 Å². The minimum absolute atomic E-state index is 0.0459. The number of carboxylic acids is 2. The van der Waals surface area contributed by atoms with Gasteiger partial charge < -0.3 is 30.8 Å². The summed E-state index contributed by atoms with van der Waals surface area (Å²) in [4.78, 5) is 53.3. The van der Waals surface area contributed by atoms with Crippen molar-refractivity contribution >= 4 is 35.9 Å². The molecule has 0 spiro atoms. The first-order valence-electron chi connectivity index (χ1n) is 12.7. The molecule has 4 rings (SSSR count). The Morgan fingerprint density at radius 3 is 1.74 bits per heavy atom. The van der Waals surface area contributed by atoms with Gasteiger partial charge in [0, 0.05) is 65.1 Å². The van der Waals surface area contributed by atoms with Gasteiger partial charge in [0.1, 0.15) is 0 Å². The molecular weight excluding hydrogens is 500 g/mol. The third-order valence-electron chi connectivity index (χ3n) is 7.15. The average molecular weight is 533 g/mol. The molecule has 0 atom stereocenters. The van der Waals surface area contributed by atoms with Crippen LogP contribution in [0.3, 0.4) is 0 Å². The van der Waals surface area contributed by atoms with Crippen molar-refractivity contribution in [1.29, 1.82) is 0 Å². The largest absolute Gasteiger partial charge is 0.481 e. The van der Waals surface area contributed by atoms with E-state index in [-0.39, 0.29) is 24.7 Å². The zero-order valence-corrected chi connectivity index (χ0v) is 22.4. The smallest absolute Gasteiger partial charge is 0.303 e. The Balaban J connectivity index is 1.76. The highest BCUT2D eigenvalue weighted by Crippen LogP contribution is 2.30. The summed E-state index contributed by atoms with van der Waals surface area (Å²) in [7, 11) is 0. The Morgan fingerprint density at radius 2 is 1.31 bits per heavy atom. The lowest BCUT2D eigenvalue weighted by Gasteiger charge is -2.07. The average Bonchev–Trinajstić information content (AvgIpc) is 3.52. The van der Waals surface area contributed by atoms with E-state index in [0.717, 1.165) is 50.6 Å². The molecule has 0 saturated carbocycles. The lowest BCUT2D eigenvalue weighted by molar-refractivity contribution is -0.138. The standard InChI is InChI=1S/C29H32N4O6/c1-14-10-26(34)33-21(14)12-23-17(4)20(6-8-28(37)38)25(32-23)13-24-19(5-7-27(35)36)16(3)22(31-24)11-18-9-15(2)29(39)30-18/h9-12,31-32H,5-8,13H2,1-4H3,(H,30,39)(H,33,34)(H,35,36)(H,37,38). The summed E-state index contributed by atoms with van der Waals surface area (Å²) in [6.07, 6.45) is 7.88. The van der Waals surface area contributed by atoms with E-state index in [1.54, 1.807) is 13.0 Å². The highest BCUT2D eigenvalue weighted by atomic mass is 16.4. The third-order valence-corrected chi connectivity index (χ3v) is 7.15. The molecule has 2 aromatic rings. The zero-order chi connectivity index (χ0) is 28.4. The van der Waals surface area contributed by atoms with E-state index in [1.165, 1.54) is 6.08 Å². The molecule has 0 radical (unpaired) electrons. The number of carboxylic acid groups (broad SMARTS) is 2. The number of amides is 2. The molecule has 2 aliphatic rings. The Morgan fingerprint density at radius 1 is 0.769 bits per heavy atom. The Labute approximate surface area is 225 Å². The van der Waals surface area contributed by atoms with Crippen LogP contribution in [0.25, 0.3) is 12.2 Å². The number of H-pyrrole nitrogens is 2. The van der Waals surface area contributed by atoms with Crippen molar-refractivity contribution in [1.82, 2.24) is 20.6 Å². The van der Waals surface area contributed by atoms with Crippen molar-refractivity contribution in [2.75, 3.05) is 0 Å². The maximum Gasteiger partial charge on any atom is 0.303 e. The van der Waals surface area contributed by atoms with E-state index in [0.29, 0.717) is 36.2 Å². The number of aliphatic carboxylic acids is 2. The molecule has 2 amide bonds. The molecule has 10 heteroatoms. The summed E-state index contributed by atoms with van der Waals surface area (Å²) < 4.78 is 0. The molecule has 0 bridgehead atoms. The van der Waals surface area contributed by atoms with Gasteiger partial charge >= 0.3 is 11.9 Å². The van der Waals surface area contributed by atoms with Crippen LogP contribution >= 0.6 is 0 Å². The fourth-order valence-corrected chi connectivity index (χ4v) is 4.98. The summed E-state index contributed by atoms with van der Waals surface area (Å²) in [5.74, 6) is -2.16. The fraction of sp³-hybridized carbons (Fsp3) is 0.310. The van der Waals surface area contributed by atoms with Gasteiger partial charge in [-0.3, -0.25) is 19.2 Å².